The molecule has 2 aromatic carbocycles. The van der Waals surface area contributed by atoms with Crippen molar-refractivity contribution in [3.8, 4) is 28.6 Å². The highest BCUT2D eigenvalue weighted by molar-refractivity contribution is 7.98. The lowest BCUT2D eigenvalue weighted by molar-refractivity contribution is 0.355. The average Bonchev–Trinajstić information content (AvgIpc) is 3.05. The Morgan fingerprint density at radius 1 is 0.913 bits per heavy atom. The van der Waals surface area contributed by atoms with Gasteiger partial charge in [0, 0.05) is 11.6 Å². The molecule has 118 valence electrons. The minimum atomic E-state index is 0.671. The number of aromatic nitrogens is 3. The molecule has 1 aromatic heterocycles. The lowest BCUT2D eigenvalue weighted by atomic mass is 10.2. The molecule has 0 amide bonds. The number of nitrogens with zero attached hydrogens (tertiary/aromatic N) is 3. The third-order valence-electron chi connectivity index (χ3n) is 3.47. The first-order chi connectivity index (χ1) is 11.3. The third kappa shape index (κ3) is 2.90. The Kier molecular flexibility index (Phi) is 4.52. The first-order valence-electron chi connectivity index (χ1n) is 7.05. The number of methoxy groups -OCH3 is 2. The SMILES string of the molecule is COc1ccc(-n2c(SC)nnc2-c2ccccc2)cc1OC. The molecule has 0 spiro atoms. The number of benzene rings is 2. The first kappa shape index (κ1) is 15.4. The van der Waals surface area contributed by atoms with Gasteiger partial charge in [0.1, 0.15) is 0 Å². The van der Waals surface area contributed by atoms with Crippen LogP contribution in [0.3, 0.4) is 0 Å². The van der Waals surface area contributed by atoms with Crippen molar-refractivity contribution in [3.63, 3.8) is 0 Å². The van der Waals surface area contributed by atoms with Gasteiger partial charge >= 0.3 is 0 Å². The second kappa shape index (κ2) is 6.75. The van der Waals surface area contributed by atoms with E-state index in [1.807, 2.05) is 59.4 Å². The van der Waals surface area contributed by atoms with Crippen molar-refractivity contribution in [2.24, 2.45) is 0 Å². The molecule has 5 nitrogen and oxygen atoms in total. The fourth-order valence-corrected chi connectivity index (χ4v) is 2.87. The lowest BCUT2D eigenvalue weighted by Gasteiger charge is -2.13. The van der Waals surface area contributed by atoms with Gasteiger partial charge in [0.15, 0.2) is 22.5 Å². The van der Waals surface area contributed by atoms with Crippen molar-refractivity contribution >= 4 is 11.8 Å². The van der Waals surface area contributed by atoms with Crippen LogP contribution >= 0.6 is 11.8 Å². The Balaban J connectivity index is 2.18. The molecule has 0 unspecified atom stereocenters. The van der Waals surface area contributed by atoms with E-state index in [1.54, 1.807) is 26.0 Å². The molecular weight excluding hydrogens is 310 g/mol. The van der Waals surface area contributed by atoms with Crippen molar-refractivity contribution in [3.05, 3.63) is 48.5 Å². The largest absolute Gasteiger partial charge is 0.493 e. The molecule has 0 aliphatic carbocycles. The maximum Gasteiger partial charge on any atom is 0.195 e. The van der Waals surface area contributed by atoms with E-state index in [-0.39, 0.29) is 0 Å². The van der Waals surface area contributed by atoms with Crippen LogP contribution in [0.15, 0.2) is 53.7 Å². The zero-order valence-electron chi connectivity index (χ0n) is 13.2. The van der Waals surface area contributed by atoms with Gasteiger partial charge < -0.3 is 9.47 Å². The number of ether oxygens (including phenoxy) is 2. The molecule has 0 saturated heterocycles. The van der Waals surface area contributed by atoms with E-state index < -0.39 is 0 Å². The summed E-state index contributed by atoms with van der Waals surface area (Å²) in [5.41, 5.74) is 1.94. The summed E-state index contributed by atoms with van der Waals surface area (Å²) < 4.78 is 12.7. The van der Waals surface area contributed by atoms with E-state index in [9.17, 15) is 0 Å². The third-order valence-corrected chi connectivity index (χ3v) is 4.10. The summed E-state index contributed by atoms with van der Waals surface area (Å²) in [7, 11) is 3.25. The van der Waals surface area contributed by atoms with Crippen LogP contribution in [0.1, 0.15) is 0 Å². The van der Waals surface area contributed by atoms with Gasteiger partial charge in [-0.15, -0.1) is 10.2 Å². The molecular formula is C17H17N3O2S. The predicted molar refractivity (Wildman–Crippen MR) is 91.7 cm³/mol. The number of rotatable bonds is 5. The van der Waals surface area contributed by atoms with Crippen molar-refractivity contribution in [2.75, 3.05) is 20.5 Å². The molecule has 6 heteroatoms. The van der Waals surface area contributed by atoms with Crippen LogP contribution in [0.5, 0.6) is 11.5 Å². The van der Waals surface area contributed by atoms with Gasteiger partial charge in [-0.05, 0) is 18.4 Å². The second-order valence-corrected chi connectivity index (χ2v) is 5.52. The van der Waals surface area contributed by atoms with Crippen molar-refractivity contribution in [2.45, 2.75) is 5.16 Å². The Labute approximate surface area is 139 Å². The molecule has 0 aliphatic rings. The molecule has 0 saturated carbocycles. The highest BCUT2D eigenvalue weighted by Gasteiger charge is 2.16. The zero-order chi connectivity index (χ0) is 16.2. The minimum Gasteiger partial charge on any atom is -0.493 e. The monoisotopic (exact) mass is 327 g/mol. The summed E-state index contributed by atoms with van der Waals surface area (Å²) in [4.78, 5) is 0. The fraction of sp³-hybridized carbons (Fsp3) is 0.176. The molecule has 3 rings (SSSR count). The van der Waals surface area contributed by atoms with Crippen LogP contribution < -0.4 is 9.47 Å². The van der Waals surface area contributed by atoms with Crippen LogP contribution in [-0.4, -0.2) is 35.2 Å². The fourth-order valence-electron chi connectivity index (χ4n) is 2.37. The van der Waals surface area contributed by atoms with Crippen LogP contribution in [0.2, 0.25) is 0 Å². The van der Waals surface area contributed by atoms with E-state index in [2.05, 4.69) is 10.2 Å². The highest BCUT2D eigenvalue weighted by Crippen LogP contribution is 2.33. The van der Waals surface area contributed by atoms with Crippen LogP contribution in [0.4, 0.5) is 0 Å². The van der Waals surface area contributed by atoms with E-state index in [0.29, 0.717) is 11.5 Å². The Hall–Kier alpha value is -2.47. The molecule has 23 heavy (non-hydrogen) atoms. The van der Waals surface area contributed by atoms with Crippen LogP contribution in [0.25, 0.3) is 17.1 Å². The smallest absolute Gasteiger partial charge is 0.195 e. The summed E-state index contributed by atoms with van der Waals surface area (Å²) >= 11 is 1.55. The van der Waals surface area contributed by atoms with Gasteiger partial charge in [-0.3, -0.25) is 4.57 Å². The quantitative estimate of drug-likeness (QED) is 0.669. The number of hydrogen-bond acceptors (Lipinski definition) is 5. The summed E-state index contributed by atoms with van der Waals surface area (Å²) in [5.74, 6) is 2.16. The Morgan fingerprint density at radius 3 is 2.30 bits per heavy atom. The molecule has 0 bridgehead atoms. The van der Waals surface area contributed by atoms with Crippen molar-refractivity contribution < 1.29 is 9.47 Å². The van der Waals surface area contributed by atoms with Gasteiger partial charge in [0.25, 0.3) is 0 Å². The topological polar surface area (TPSA) is 49.2 Å². The molecule has 0 atom stereocenters. The average molecular weight is 327 g/mol. The summed E-state index contributed by atoms with van der Waals surface area (Å²) in [6.45, 7) is 0. The van der Waals surface area contributed by atoms with E-state index >= 15 is 0 Å². The molecule has 1 heterocycles. The van der Waals surface area contributed by atoms with E-state index in [0.717, 1.165) is 22.2 Å². The highest BCUT2D eigenvalue weighted by atomic mass is 32.2. The standard InChI is InChI=1S/C17H17N3O2S/c1-21-14-10-9-13(11-15(14)22-2)20-16(18-19-17(20)23-3)12-7-5-4-6-8-12/h4-11H,1-3H3. The number of thioether (sulfide) groups is 1. The van der Waals surface area contributed by atoms with E-state index in [4.69, 9.17) is 9.47 Å². The molecule has 3 aromatic rings. The van der Waals surface area contributed by atoms with Gasteiger partial charge in [0.05, 0.1) is 19.9 Å². The van der Waals surface area contributed by atoms with Crippen molar-refractivity contribution in [1.29, 1.82) is 0 Å². The van der Waals surface area contributed by atoms with Gasteiger partial charge in [-0.1, -0.05) is 42.1 Å². The maximum atomic E-state index is 5.41. The summed E-state index contributed by atoms with van der Waals surface area (Å²) in [6, 6.07) is 15.8. The van der Waals surface area contributed by atoms with Crippen LogP contribution in [-0.2, 0) is 0 Å². The normalized spacial score (nSPS) is 10.6. The predicted octanol–water partition coefficient (Wildman–Crippen LogP) is 3.67. The summed E-state index contributed by atoms with van der Waals surface area (Å²) in [6.07, 6.45) is 1.98. The summed E-state index contributed by atoms with van der Waals surface area (Å²) in [5, 5.41) is 9.46. The minimum absolute atomic E-state index is 0.671. The number of hydrogen-bond donors (Lipinski definition) is 0. The lowest BCUT2D eigenvalue weighted by Crippen LogP contribution is -2.00. The molecule has 0 N–H and O–H groups in total. The van der Waals surface area contributed by atoms with E-state index in [1.165, 1.54) is 0 Å². The van der Waals surface area contributed by atoms with Gasteiger partial charge in [0.2, 0.25) is 0 Å². The Bertz CT molecular complexity index is 803. The molecule has 0 aliphatic heterocycles. The molecule has 0 radical (unpaired) electrons. The zero-order valence-corrected chi connectivity index (χ0v) is 14.0. The van der Waals surface area contributed by atoms with Gasteiger partial charge in [-0.25, -0.2) is 0 Å². The Morgan fingerprint density at radius 2 is 1.65 bits per heavy atom. The maximum absolute atomic E-state index is 5.41. The van der Waals surface area contributed by atoms with Crippen LogP contribution in [0, 0.1) is 0 Å². The van der Waals surface area contributed by atoms with Gasteiger partial charge in [-0.2, -0.15) is 0 Å². The molecule has 0 fully saturated rings. The second-order valence-electron chi connectivity index (χ2n) is 4.75. The van der Waals surface area contributed by atoms with Crippen molar-refractivity contribution in [1.82, 2.24) is 14.8 Å². The first-order valence-corrected chi connectivity index (χ1v) is 8.28.